The van der Waals surface area contributed by atoms with Crippen LogP contribution in [0.4, 0.5) is 0 Å². The smallest absolute Gasteiger partial charge is 0.287 e. The minimum Gasteiger partial charge on any atom is -0.450 e. The second-order valence-corrected chi connectivity index (χ2v) is 6.83. The second kappa shape index (κ2) is 7.14. The number of nitrogens with one attached hydrogen (secondary N) is 1. The number of hydrogen-bond acceptors (Lipinski definition) is 2. The molecule has 1 N–H and O–H groups in total. The van der Waals surface area contributed by atoms with Gasteiger partial charge in [0.1, 0.15) is 5.76 Å². The van der Waals surface area contributed by atoms with E-state index in [0.717, 1.165) is 34.9 Å². The van der Waals surface area contributed by atoms with Crippen LogP contribution in [0.1, 0.15) is 49.1 Å². The zero-order chi connectivity index (χ0) is 17.1. The number of fused-ring (bicyclic) bond motifs is 1. The molecular weight excluding hydrogens is 310 g/mol. The van der Waals surface area contributed by atoms with E-state index < -0.39 is 0 Å². The molecule has 1 aromatic heterocycles. The maximum absolute atomic E-state index is 12.9. The predicted molar refractivity (Wildman–Crippen MR) is 101 cm³/mol. The highest BCUT2D eigenvalue weighted by atomic mass is 16.4. The summed E-state index contributed by atoms with van der Waals surface area (Å²) >= 11 is 0. The number of furan rings is 1. The zero-order valence-corrected chi connectivity index (χ0v) is 14.3. The Kier molecular flexibility index (Phi) is 4.55. The molecule has 4 rings (SSSR count). The number of benzene rings is 2. The van der Waals surface area contributed by atoms with E-state index in [1.807, 2.05) is 54.6 Å². The van der Waals surface area contributed by atoms with Crippen LogP contribution < -0.4 is 5.32 Å². The van der Waals surface area contributed by atoms with E-state index in [-0.39, 0.29) is 11.9 Å². The van der Waals surface area contributed by atoms with Gasteiger partial charge in [-0.25, -0.2) is 0 Å². The third-order valence-electron chi connectivity index (χ3n) is 5.05. The van der Waals surface area contributed by atoms with Crippen LogP contribution in [0.3, 0.4) is 0 Å². The highest BCUT2D eigenvalue weighted by molar-refractivity contribution is 6.09. The summed E-state index contributed by atoms with van der Waals surface area (Å²) in [5.41, 5.74) is 0.993. The third-order valence-corrected chi connectivity index (χ3v) is 5.05. The van der Waals surface area contributed by atoms with Crippen molar-refractivity contribution in [2.45, 2.75) is 44.6 Å². The number of rotatable bonds is 3. The Labute approximate surface area is 148 Å². The van der Waals surface area contributed by atoms with Crippen molar-refractivity contribution in [1.29, 1.82) is 0 Å². The summed E-state index contributed by atoms with van der Waals surface area (Å²) < 4.78 is 6.07. The summed E-state index contributed by atoms with van der Waals surface area (Å²) in [4.78, 5) is 12.9. The Balaban J connectivity index is 1.68. The standard InChI is InChI=1S/C22H23NO2/c24-22(23-17-12-6-1-2-7-13-17)21-19-15-9-8-14-18(19)20(25-21)16-10-4-3-5-11-16/h3-5,8-11,14-15,17H,1-2,6-7,12-13H2,(H,23,24). The van der Waals surface area contributed by atoms with Crippen LogP contribution in [-0.2, 0) is 0 Å². The molecule has 1 heterocycles. The van der Waals surface area contributed by atoms with Crippen LogP contribution in [0.15, 0.2) is 59.0 Å². The van der Waals surface area contributed by atoms with E-state index in [1.54, 1.807) is 0 Å². The van der Waals surface area contributed by atoms with Crippen molar-refractivity contribution in [2.75, 3.05) is 0 Å². The number of amides is 1. The molecule has 2 aromatic carbocycles. The lowest BCUT2D eigenvalue weighted by atomic mass is 10.1. The molecule has 0 radical (unpaired) electrons. The molecule has 0 unspecified atom stereocenters. The summed E-state index contributed by atoms with van der Waals surface area (Å²) in [6.07, 6.45) is 7.06. The molecule has 1 aliphatic rings. The molecule has 128 valence electrons. The molecule has 3 heteroatoms. The Morgan fingerprint density at radius 2 is 1.48 bits per heavy atom. The first-order chi connectivity index (χ1) is 12.3. The topological polar surface area (TPSA) is 42.2 Å². The molecule has 1 amide bonds. The molecule has 0 aliphatic heterocycles. The molecule has 1 saturated carbocycles. The molecule has 25 heavy (non-hydrogen) atoms. The fourth-order valence-corrected chi connectivity index (χ4v) is 3.74. The predicted octanol–water partition coefficient (Wildman–Crippen LogP) is 5.55. The first-order valence-corrected chi connectivity index (χ1v) is 9.21. The van der Waals surface area contributed by atoms with Crippen molar-refractivity contribution < 1.29 is 9.21 Å². The molecule has 1 fully saturated rings. The summed E-state index contributed by atoms with van der Waals surface area (Å²) in [6.45, 7) is 0. The van der Waals surface area contributed by atoms with Gasteiger partial charge in [0.25, 0.3) is 5.91 Å². The monoisotopic (exact) mass is 333 g/mol. The first-order valence-electron chi connectivity index (χ1n) is 9.21. The van der Waals surface area contributed by atoms with Gasteiger partial charge in [-0.05, 0) is 12.8 Å². The molecule has 3 nitrogen and oxygen atoms in total. The lowest BCUT2D eigenvalue weighted by Crippen LogP contribution is -2.34. The van der Waals surface area contributed by atoms with Crippen LogP contribution in [0.5, 0.6) is 0 Å². The van der Waals surface area contributed by atoms with Gasteiger partial charge in [0.05, 0.1) is 0 Å². The Morgan fingerprint density at radius 3 is 2.20 bits per heavy atom. The van der Waals surface area contributed by atoms with Crippen molar-refractivity contribution in [3.8, 4) is 11.3 Å². The minimum atomic E-state index is -0.0923. The van der Waals surface area contributed by atoms with Crippen LogP contribution >= 0.6 is 0 Å². The molecule has 0 atom stereocenters. The average Bonchev–Trinajstić information content (AvgIpc) is 2.86. The molecule has 0 bridgehead atoms. The summed E-state index contributed by atoms with van der Waals surface area (Å²) in [5.74, 6) is 1.10. The van der Waals surface area contributed by atoms with Crippen molar-refractivity contribution in [1.82, 2.24) is 5.32 Å². The summed E-state index contributed by atoms with van der Waals surface area (Å²) in [5, 5.41) is 5.07. The fraction of sp³-hybridized carbons (Fsp3) is 0.318. The van der Waals surface area contributed by atoms with E-state index in [1.165, 1.54) is 25.7 Å². The van der Waals surface area contributed by atoms with Crippen LogP contribution in [0.25, 0.3) is 22.1 Å². The Bertz CT molecular complexity index is 858. The van der Waals surface area contributed by atoms with Crippen molar-refractivity contribution in [3.63, 3.8) is 0 Å². The van der Waals surface area contributed by atoms with Gasteiger partial charge in [0.15, 0.2) is 5.76 Å². The van der Waals surface area contributed by atoms with Gasteiger partial charge >= 0.3 is 0 Å². The normalized spacial score (nSPS) is 15.8. The SMILES string of the molecule is O=C(NC1CCCCCC1)c1oc(-c2ccccc2)c2ccccc12. The third kappa shape index (κ3) is 3.32. The number of hydrogen-bond donors (Lipinski definition) is 1. The molecule has 0 spiro atoms. The largest absolute Gasteiger partial charge is 0.450 e. The van der Waals surface area contributed by atoms with Crippen LogP contribution in [0.2, 0.25) is 0 Å². The van der Waals surface area contributed by atoms with Crippen LogP contribution in [0, 0.1) is 0 Å². The lowest BCUT2D eigenvalue weighted by molar-refractivity contribution is 0.0908. The Morgan fingerprint density at radius 1 is 0.840 bits per heavy atom. The summed E-state index contributed by atoms with van der Waals surface area (Å²) in [7, 11) is 0. The summed E-state index contributed by atoms with van der Waals surface area (Å²) in [6, 6.07) is 18.2. The van der Waals surface area contributed by atoms with E-state index in [9.17, 15) is 4.79 Å². The quantitative estimate of drug-likeness (QED) is 0.638. The van der Waals surface area contributed by atoms with E-state index in [4.69, 9.17) is 4.42 Å². The van der Waals surface area contributed by atoms with E-state index >= 15 is 0 Å². The van der Waals surface area contributed by atoms with Gasteiger partial charge in [-0.2, -0.15) is 0 Å². The van der Waals surface area contributed by atoms with Gasteiger partial charge in [0.2, 0.25) is 0 Å². The van der Waals surface area contributed by atoms with Gasteiger partial charge in [-0.15, -0.1) is 0 Å². The number of carbonyl (C=O) groups is 1. The second-order valence-electron chi connectivity index (χ2n) is 6.83. The maximum atomic E-state index is 12.9. The molecular formula is C22H23NO2. The Hall–Kier alpha value is -2.55. The fourth-order valence-electron chi connectivity index (χ4n) is 3.74. The average molecular weight is 333 g/mol. The van der Waals surface area contributed by atoms with Crippen LogP contribution in [-0.4, -0.2) is 11.9 Å². The van der Waals surface area contributed by atoms with Gasteiger partial charge < -0.3 is 9.73 Å². The van der Waals surface area contributed by atoms with Gasteiger partial charge in [-0.3, -0.25) is 4.79 Å². The highest BCUT2D eigenvalue weighted by Gasteiger charge is 2.22. The van der Waals surface area contributed by atoms with Gasteiger partial charge in [0, 0.05) is 22.4 Å². The molecule has 3 aromatic rings. The van der Waals surface area contributed by atoms with Crippen molar-refractivity contribution >= 4 is 16.7 Å². The lowest BCUT2D eigenvalue weighted by Gasteiger charge is -2.15. The van der Waals surface area contributed by atoms with E-state index in [0.29, 0.717) is 5.76 Å². The van der Waals surface area contributed by atoms with Crippen molar-refractivity contribution in [2.24, 2.45) is 0 Å². The molecule has 1 aliphatic carbocycles. The van der Waals surface area contributed by atoms with Crippen molar-refractivity contribution in [3.05, 3.63) is 60.4 Å². The molecule has 0 saturated heterocycles. The highest BCUT2D eigenvalue weighted by Crippen LogP contribution is 2.34. The minimum absolute atomic E-state index is 0.0923. The first kappa shape index (κ1) is 15.9. The van der Waals surface area contributed by atoms with Gasteiger partial charge in [-0.1, -0.05) is 80.3 Å². The van der Waals surface area contributed by atoms with E-state index in [2.05, 4.69) is 5.32 Å². The zero-order valence-electron chi connectivity index (χ0n) is 14.3. The number of carbonyl (C=O) groups excluding carboxylic acids is 1. The maximum Gasteiger partial charge on any atom is 0.287 e.